The molecule has 86 valence electrons. The highest BCUT2D eigenvalue weighted by molar-refractivity contribution is 5.67. The molecule has 0 aliphatic carbocycles. The molecule has 2 aliphatic rings. The van der Waals surface area contributed by atoms with Gasteiger partial charge >= 0.3 is 6.09 Å². The van der Waals surface area contributed by atoms with Gasteiger partial charge in [-0.1, -0.05) is 0 Å². The molecule has 2 aliphatic heterocycles. The number of hydrogen-bond donors (Lipinski definition) is 1. The number of morpholine rings is 1. The van der Waals surface area contributed by atoms with Crippen molar-refractivity contribution >= 4 is 6.09 Å². The SMILES string of the molecule is O=C(OC1CCCNC1)N1CCOCC1. The highest BCUT2D eigenvalue weighted by Gasteiger charge is 2.22. The molecule has 2 fully saturated rings. The summed E-state index contributed by atoms with van der Waals surface area (Å²) in [7, 11) is 0. The van der Waals surface area contributed by atoms with Crippen molar-refractivity contribution in [2.75, 3.05) is 39.4 Å². The van der Waals surface area contributed by atoms with Gasteiger partial charge in [0.25, 0.3) is 0 Å². The van der Waals surface area contributed by atoms with E-state index in [1.807, 2.05) is 0 Å². The van der Waals surface area contributed by atoms with Crippen LogP contribution in [-0.2, 0) is 9.47 Å². The first kappa shape index (κ1) is 10.7. The second-order valence-electron chi connectivity index (χ2n) is 3.95. The van der Waals surface area contributed by atoms with E-state index in [9.17, 15) is 4.79 Å². The molecule has 0 aromatic heterocycles. The number of piperidine rings is 1. The van der Waals surface area contributed by atoms with Crippen molar-refractivity contribution in [2.45, 2.75) is 18.9 Å². The summed E-state index contributed by atoms with van der Waals surface area (Å²) < 4.78 is 10.6. The van der Waals surface area contributed by atoms with Crippen molar-refractivity contribution in [2.24, 2.45) is 0 Å². The average molecular weight is 214 g/mol. The maximum absolute atomic E-state index is 11.7. The van der Waals surface area contributed by atoms with E-state index in [1.54, 1.807) is 4.90 Å². The van der Waals surface area contributed by atoms with Crippen LogP contribution in [0.1, 0.15) is 12.8 Å². The molecule has 0 aromatic carbocycles. The highest BCUT2D eigenvalue weighted by Crippen LogP contribution is 2.09. The van der Waals surface area contributed by atoms with E-state index in [-0.39, 0.29) is 12.2 Å². The van der Waals surface area contributed by atoms with Crippen LogP contribution in [0.4, 0.5) is 4.79 Å². The first-order valence-electron chi connectivity index (χ1n) is 5.60. The van der Waals surface area contributed by atoms with Crippen LogP contribution >= 0.6 is 0 Å². The number of nitrogens with one attached hydrogen (secondary N) is 1. The molecule has 0 aromatic rings. The minimum Gasteiger partial charge on any atom is -0.445 e. The quantitative estimate of drug-likeness (QED) is 0.678. The van der Waals surface area contributed by atoms with Gasteiger partial charge in [-0.05, 0) is 19.4 Å². The molecule has 1 amide bonds. The van der Waals surface area contributed by atoms with E-state index in [0.717, 1.165) is 25.9 Å². The Morgan fingerprint density at radius 3 is 2.87 bits per heavy atom. The lowest BCUT2D eigenvalue weighted by atomic mass is 10.1. The van der Waals surface area contributed by atoms with Crippen LogP contribution in [0.15, 0.2) is 0 Å². The Bertz CT molecular complexity index is 211. The third-order valence-corrected chi connectivity index (χ3v) is 2.79. The van der Waals surface area contributed by atoms with Gasteiger partial charge in [-0.15, -0.1) is 0 Å². The van der Waals surface area contributed by atoms with Crippen LogP contribution in [0.3, 0.4) is 0 Å². The number of carbonyl (C=O) groups excluding carboxylic acids is 1. The Kier molecular flexibility index (Phi) is 3.80. The smallest absolute Gasteiger partial charge is 0.410 e. The van der Waals surface area contributed by atoms with Crippen LogP contribution in [-0.4, -0.2) is 56.5 Å². The molecule has 0 spiro atoms. The Morgan fingerprint density at radius 2 is 2.20 bits per heavy atom. The van der Waals surface area contributed by atoms with Crippen LogP contribution in [0.2, 0.25) is 0 Å². The average Bonchev–Trinajstić information content (AvgIpc) is 2.31. The van der Waals surface area contributed by atoms with Crippen LogP contribution in [0.25, 0.3) is 0 Å². The van der Waals surface area contributed by atoms with Crippen molar-refractivity contribution in [1.82, 2.24) is 10.2 Å². The third-order valence-electron chi connectivity index (χ3n) is 2.79. The number of hydrogen-bond acceptors (Lipinski definition) is 4. The topological polar surface area (TPSA) is 50.8 Å². The third kappa shape index (κ3) is 3.07. The molecule has 1 N–H and O–H groups in total. The van der Waals surface area contributed by atoms with Crippen molar-refractivity contribution in [1.29, 1.82) is 0 Å². The minimum absolute atomic E-state index is 0.0501. The summed E-state index contributed by atoms with van der Waals surface area (Å²) in [6.45, 7) is 4.37. The molecule has 2 rings (SSSR count). The first-order chi connectivity index (χ1) is 7.36. The monoisotopic (exact) mass is 214 g/mol. The maximum atomic E-state index is 11.7. The predicted octanol–water partition coefficient (Wildman–Crippen LogP) is 0.207. The van der Waals surface area contributed by atoms with E-state index >= 15 is 0 Å². The van der Waals surface area contributed by atoms with Gasteiger partial charge in [-0.25, -0.2) is 4.79 Å². The van der Waals surface area contributed by atoms with Gasteiger partial charge < -0.3 is 19.7 Å². The summed E-state index contributed by atoms with van der Waals surface area (Å²) in [4.78, 5) is 13.4. The Hall–Kier alpha value is -0.810. The number of carbonyl (C=O) groups is 1. The van der Waals surface area contributed by atoms with Crippen molar-refractivity contribution in [3.8, 4) is 0 Å². The Labute approximate surface area is 89.7 Å². The van der Waals surface area contributed by atoms with Crippen molar-refractivity contribution in [3.63, 3.8) is 0 Å². The molecule has 2 heterocycles. The molecule has 15 heavy (non-hydrogen) atoms. The summed E-state index contributed by atoms with van der Waals surface area (Å²) in [6, 6.07) is 0. The first-order valence-corrected chi connectivity index (χ1v) is 5.60. The lowest BCUT2D eigenvalue weighted by Crippen LogP contribution is -2.44. The molecule has 2 saturated heterocycles. The molecular weight excluding hydrogens is 196 g/mol. The van der Waals surface area contributed by atoms with E-state index < -0.39 is 0 Å². The van der Waals surface area contributed by atoms with Gasteiger partial charge in [0, 0.05) is 19.6 Å². The van der Waals surface area contributed by atoms with Gasteiger partial charge in [0.2, 0.25) is 0 Å². The maximum Gasteiger partial charge on any atom is 0.410 e. The summed E-state index contributed by atoms with van der Waals surface area (Å²) in [5.41, 5.74) is 0. The predicted molar refractivity (Wildman–Crippen MR) is 54.8 cm³/mol. The molecule has 0 bridgehead atoms. The van der Waals surface area contributed by atoms with Crippen LogP contribution in [0.5, 0.6) is 0 Å². The minimum atomic E-state index is -0.188. The second-order valence-corrected chi connectivity index (χ2v) is 3.95. The number of nitrogens with zero attached hydrogens (tertiary/aromatic N) is 1. The molecule has 1 atom stereocenters. The van der Waals surface area contributed by atoms with Gasteiger partial charge in [-0.2, -0.15) is 0 Å². The zero-order valence-corrected chi connectivity index (χ0v) is 8.91. The fourth-order valence-corrected chi connectivity index (χ4v) is 1.88. The van der Waals surface area contributed by atoms with Gasteiger partial charge in [0.05, 0.1) is 13.2 Å². The molecule has 1 unspecified atom stereocenters. The summed E-state index contributed by atoms with van der Waals surface area (Å²) in [5.74, 6) is 0. The highest BCUT2D eigenvalue weighted by atomic mass is 16.6. The zero-order chi connectivity index (χ0) is 10.5. The van der Waals surface area contributed by atoms with Crippen LogP contribution in [0, 0.1) is 0 Å². The molecule has 5 nitrogen and oxygen atoms in total. The number of ether oxygens (including phenoxy) is 2. The normalized spacial score (nSPS) is 27.5. The molecule has 0 radical (unpaired) electrons. The number of amides is 1. The standard InChI is InChI=1S/C10H18N2O3/c13-10(12-4-6-14-7-5-12)15-9-2-1-3-11-8-9/h9,11H,1-8H2. The van der Waals surface area contributed by atoms with Crippen molar-refractivity contribution < 1.29 is 14.3 Å². The van der Waals surface area contributed by atoms with E-state index in [4.69, 9.17) is 9.47 Å². The fraction of sp³-hybridized carbons (Fsp3) is 0.900. The van der Waals surface area contributed by atoms with E-state index in [1.165, 1.54) is 0 Å². The lowest BCUT2D eigenvalue weighted by molar-refractivity contribution is 0.00838. The van der Waals surface area contributed by atoms with E-state index in [2.05, 4.69) is 5.32 Å². The fourth-order valence-electron chi connectivity index (χ4n) is 1.88. The zero-order valence-electron chi connectivity index (χ0n) is 8.91. The second kappa shape index (κ2) is 5.32. The van der Waals surface area contributed by atoms with E-state index in [0.29, 0.717) is 26.3 Å². The Morgan fingerprint density at radius 1 is 1.40 bits per heavy atom. The van der Waals surface area contributed by atoms with Gasteiger partial charge in [0.1, 0.15) is 6.10 Å². The van der Waals surface area contributed by atoms with Crippen LogP contribution < -0.4 is 5.32 Å². The Balaban J connectivity index is 1.74. The number of rotatable bonds is 1. The van der Waals surface area contributed by atoms with Crippen molar-refractivity contribution in [3.05, 3.63) is 0 Å². The largest absolute Gasteiger partial charge is 0.445 e. The molecular formula is C10H18N2O3. The summed E-state index contributed by atoms with van der Waals surface area (Å²) in [5, 5.41) is 3.22. The van der Waals surface area contributed by atoms with Gasteiger partial charge in [0.15, 0.2) is 0 Å². The lowest BCUT2D eigenvalue weighted by Gasteiger charge is -2.29. The molecule has 0 saturated carbocycles. The summed E-state index contributed by atoms with van der Waals surface area (Å²) in [6.07, 6.45) is 1.92. The molecule has 5 heteroatoms. The summed E-state index contributed by atoms with van der Waals surface area (Å²) >= 11 is 0. The van der Waals surface area contributed by atoms with Gasteiger partial charge in [-0.3, -0.25) is 0 Å².